The minimum Gasteiger partial charge on any atom is -0.342 e. The van der Waals surface area contributed by atoms with Crippen molar-refractivity contribution in [2.45, 2.75) is 39.2 Å². The van der Waals surface area contributed by atoms with Gasteiger partial charge >= 0.3 is 0 Å². The summed E-state index contributed by atoms with van der Waals surface area (Å²) in [5, 5.41) is 4.17. The molecule has 1 aromatic rings. The Morgan fingerprint density at radius 2 is 2.32 bits per heavy atom. The monoisotopic (exact) mass is 302 g/mol. The number of piperidine rings is 1. The summed E-state index contributed by atoms with van der Waals surface area (Å²) in [7, 11) is 0. The normalized spacial score (nSPS) is 21.8. The van der Waals surface area contributed by atoms with Crippen LogP contribution in [0.15, 0.2) is 16.8 Å². The molecule has 2 heterocycles. The zero-order valence-electron chi connectivity index (χ0n) is 11.6. The molecule has 0 bridgehead atoms. The summed E-state index contributed by atoms with van der Waals surface area (Å²) in [5.74, 6) is 0.265. The van der Waals surface area contributed by atoms with Crippen molar-refractivity contribution in [3.8, 4) is 0 Å². The van der Waals surface area contributed by atoms with Gasteiger partial charge in [-0.3, -0.25) is 4.79 Å². The fourth-order valence-corrected chi connectivity index (χ4v) is 3.13. The Balaban J connectivity index is 0.00000180. The summed E-state index contributed by atoms with van der Waals surface area (Å²) in [5.41, 5.74) is 7.39. The Kier molecular flexibility index (Phi) is 5.83. The van der Waals surface area contributed by atoms with Crippen molar-refractivity contribution >= 4 is 29.7 Å². The van der Waals surface area contributed by atoms with Gasteiger partial charge < -0.3 is 10.6 Å². The number of halogens is 1. The van der Waals surface area contributed by atoms with Gasteiger partial charge in [-0.05, 0) is 40.6 Å². The number of carbonyl (C=O) groups excluding carboxylic acids is 1. The number of likely N-dealkylation sites (tertiary alicyclic amines) is 1. The summed E-state index contributed by atoms with van der Waals surface area (Å²) in [6.45, 7) is 5.90. The van der Waals surface area contributed by atoms with Gasteiger partial charge in [0.25, 0.3) is 0 Å². The number of thiophene rings is 1. The molecule has 0 aliphatic carbocycles. The van der Waals surface area contributed by atoms with Crippen LogP contribution in [-0.4, -0.2) is 29.9 Å². The first-order chi connectivity index (χ1) is 8.49. The van der Waals surface area contributed by atoms with Crippen LogP contribution in [0.5, 0.6) is 0 Å². The van der Waals surface area contributed by atoms with Crippen LogP contribution in [0.2, 0.25) is 0 Å². The van der Waals surface area contributed by atoms with Gasteiger partial charge in [0.1, 0.15) is 0 Å². The van der Waals surface area contributed by atoms with Crippen molar-refractivity contribution in [1.29, 1.82) is 0 Å². The largest absolute Gasteiger partial charge is 0.342 e. The molecule has 1 saturated heterocycles. The highest BCUT2D eigenvalue weighted by Crippen LogP contribution is 2.28. The van der Waals surface area contributed by atoms with Crippen LogP contribution in [0, 0.1) is 5.41 Å². The maximum atomic E-state index is 12.2. The molecule has 0 saturated carbocycles. The van der Waals surface area contributed by atoms with Crippen LogP contribution in [-0.2, 0) is 11.2 Å². The van der Waals surface area contributed by atoms with E-state index in [1.807, 2.05) is 4.90 Å². The molecule has 2 N–H and O–H groups in total. The summed E-state index contributed by atoms with van der Waals surface area (Å²) in [6, 6.07) is 2.30. The topological polar surface area (TPSA) is 46.3 Å². The third-order valence-corrected chi connectivity index (χ3v) is 4.60. The Hall–Kier alpha value is -0.580. The van der Waals surface area contributed by atoms with Gasteiger partial charge in [-0.15, -0.1) is 12.4 Å². The molecule has 0 aromatic carbocycles. The quantitative estimate of drug-likeness (QED) is 0.933. The molecule has 1 atom stereocenters. The van der Waals surface area contributed by atoms with Gasteiger partial charge in [0, 0.05) is 25.6 Å². The molecule has 2 rings (SSSR count). The average molecular weight is 303 g/mol. The highest BCUT2D eigenvalue weighted by atomic mass is 35.5. The first kappa shape index (κ1) is 16.5. The lowest BCUT2D eigenvalue weighted by Gasteiger charge is -2.42. The van der Waals surface area contributed by atoms with Crippen LogP contribution in [0.25, 0.3) is 0 Å². The van der Waals surface area contributed by atoms with E-state index >= 15 is 0 Å². The molecule has 1 aliphatic rings. The summed E-state index contributed by atoms with van der Waals surface area (Å²) in [4.78, 5) is 14.2. The molecule has 0 spiro atoms. The fourth-order valence-electron chi connectivity index (χ4n) is 2.43. The van der Waals surface area contributed by atoms with Crippen molar-refractivity contribution in [2.75, 3.05) is 13.1 Å². The number of hydrogen-bond donors (Lipinski definition) is 1. The number of rotatable bonds is 3. The number of nitrogens with zero attached hydrogens (tertiary/aromatic N) is 1. The lowest BCUT2D eigenvalue weighted by atomic mass is 9.79. The van der Waals surface area contributed by atoms with Crippen molar-refractivity contribution in [2.24, 2.45) is 11.1 Å². The van der Waals surface area contributed by atoms with Gasteiger partial charge in [0.15, 0.2) is 0 Å². The zero-order valence-corrected chi connectivity index (χ0v) is 13.2. The average Bonchev–Trinajstić information content (AvgIpc) is 2.82. The number of aryl methyl sites for hydroxylation is 1. The third kappa shape index (κ3) is 4.20. The van der Waals surface area contributed by atoms with E-state index in [4.69, 9.17) is 5.73 Å². The van der Waals surface area contributed by atoms with E-state index in [2.05, 4.69) is 30.7 Å². The molecule has 1 amide bonds. The molecule has 1 fully saturated rings. The second kappa shape index (κ2) is 6.73. The van der Waals surface area contributed by atoms with Crippen molar-refractivity contribution in [1.82, 2.24) is 4.90 Å². The third-order valence-electron chi connectivity index (χ3n) is 3.87. The van der Waals surface area contributed by atoms with Crippen LogP contribution in [0.4, 0.5) is 0 Å². The Morgan fingerprint density at radius 1 is 1.58 bits per heavy atom. The molecular formula is C14H23ClN2OS. The number of amides is 1. The first-order valence-electron chi connectivity index (χ1n) is 6.53. The molecule has 3 nitrogen and oxygen atoms in total. The minimum absolute atomic E-state index is 0. The molecule has 19 heavy (non-hydrogen) atoms. The molecule has 108 valence electrons. The highest BCUT2D eigenvalue weighted by Gasteiger charge is 2.34. The molecular weight excluding hydrogens is 280 g/mol. The van der Waals surface area contributed by atoms with E-state index in [1.54, 1.807) is 11.3 Å². The second-order valence-corrected chi connectivity index (χ2v) is 6.61. The SMILES string of the molecule is CC1(C)CN(C(=O)CCc2ccsc2)CCC1N.Cl. The maximum absolute atomic E-state index is 12.2. The Labute approximate surface area is 125 Å². The van der Waals surface area contributed by atoms with E-state index in [0.29, 0.717) is 6.42 Å². The van der Waals surface area contributed by atoms with Crippen molar-refractivity contribution < 1.29 is 4.79 Å². The van der Waals surface area contributed by atoms with E-state index in [9.17, 15) is 4.79 Å². The predicted molar refractivity (Wildman–Crippen MR) is 82.8 cm³/mol. The van der Waals surface area contributed by atoms with Crippen LogP contribution >= 0.6 is 23.7 Å². The smallest absolute Gasteiger partial charge is 0.222 e. The van der Waals surface area contributed by atoms with Gasteiger partial charge in [0.2, 0.25) is 5.91 Å². The van der Waals surface area contributed by atoms with Gasteiger partial charge in [0.05, 0.1) is 0 Å². The van der Waals surface area contributed by atoms with Crippen molar-refractivity contribution in [3.63, 3.8) is 0 Å². The van der Waals surface area contributed by atoms with Crippen LogP contribution < -0.4 is 5.73 Å². The van der Waals surface area contributed by atoms with Crippen molar-refractivity contribution in [3.05, 3.63) is 22.4 Å². The maximum Gasteiger partial charge on any atom is 0.222 e. The van der Waals surface area contributed by atoms with Gasteiger partial charge in [-0.1, -0.05) is 13.8 Å². The standard InChI is InChI=1S/C14H22N2OS.ClH/c1-14(2)10-16(7-5-12(14)15)13(17)4-3-11-6-8-18-9-11;/h6,8-9,12H,3-5,7,10,15H2,1-2H3;1H. The molecule has 1 unspecified atom stereocenters. The molecule has 1 aromatic heterocycles. The lowest BCUT2D eigenvalue weighted by molar-refractivity contribution is -0.134. The first-order valence-corrected chi connectivity index (χ1v) is 7.48. The van der Waals surface area contributed by atoms with Gasteiger partial charge in [-0.2, -0.15) is 11.3 Å². The van der Waals surface area contributed by atoms with Gasteiger partial charge in [-0.25, -0.2) is 0 Å². The molecule has 5 heteroatoms. The zero-order chi connectivity index (χ0) is 13.2. The lowest BCUT2D eigenvalue weighted by Crippen LogP contribution is -2.54. The van der Waals surface area contributed by atoms with E-state index in [0.717, 1.165) is 25.9 Å². The Bertz CT molecular complexity index is 406. The number of hydrogen-bond acceptors (Lipinski definition) is 3. The van der Waals surface area contributed by atoms with E-state index in [1.165, 1.54) is 5.56 Å². The molecule has 1 aliphatic heterocycles. The second-order valence-electron chi connectivity index (χ2n) is 5.83. The number of nitrogens with two attached hydrogens (primary N) is 1. The molecule has 0 radical (unpaired) electrons. The Morgan fingerprint density at radius 3 is 2.89 bits per heavy atom. The van der Waals surface area contributed by atoms with E-state index < -0.39 is 0 Å². The minimum atomic E-state index is 0. The fraction of sp³-hybridized carbons (Fsp3) is 0.643. The van der Waals surface area contributed by atoms with Crippen LogP contribution in [0.3, 0.4) is 0 Å². The van der Waals surface area contributed by atoms with Crippen LogP contribution in [0.1, 0.15) is 32.3 Å². The summed E-state index contributed by atoms with van der Waals surface area (Å²) < 4.78 is 0. The highest BCUT2D eigenvalue weighted by molar-refractivity contribution is 7.07. The summed E-state index contributed by atoms with van der Waals surface area (Å²) in [6.07, 6.45) is 2.38. The predicted octanol–water partition coefficient (Wildman–Crippen LogP) is 2.69. The van der Waals surface area contributed by atoms with E-state index in [-0.39, 0.29) is 29.8 Å². The number of carbonyl (C=O) groups is 1. The summed E-state index contributed by atoms with van der Waals surface area (Å²) >= 11 is 1.69.